The topological polar surface area (TPSA) is 139 Å². The molecule has 0 unspecified atom stereocenters. The van der Waals surface area contributed by atoms with Gasteiger partial charge in [0.15, 0.2) is 5.82 Å². The predicted octanol–water partition coefficient (Wildman–Crippen LogP) is 2.71. The molecule has 1 aliphatic rings. The first-order chi connectivity index (χ1) is 15.7. The first-order valence-corrected chi connectivity index (χ1v) is 11.2. The Labute approximate surface area is 194 Å². The summed E-state index contributed by atoms with van der Waals surface area (Å²) in [7, 11) is 1.47. The number of pyridine rings is 1. The van der Waals surface area contributed by atoms with E-state index in [4.69, 9.17) is 9.47 Å². The monoisotopic (exact) mass is 462 g/mol. The highest BCUT2D eigenvalue weighted by molar-refractivity contribution is 5.93. The van der Waals surface area contributed by atoms with Gasteiger partial charge in [0.25, 0.3) is 0 Å². The van der Waals surface area contributed by atoms with Crippen molar-refractivity contribution in [1.82, 2.24) is 10.3 Å². The molecule has 1 aromatic heterocycles. The molecule has 3 atom stereocenters. The van der Waals surface area contributed by atoms with Crippen molar-refractivity contribution in [3.63, 3.8) is 0 Å². The molecule has 2 amide bonds. The Morgan fingerprint density at radius 1 is 1.21 bits per heavy atom. The molecule has 0 spiro atoms. The van der Waals surface area contributed by atoms with Gasteiger partial charge in [-0.2, -0.15) is 4.98 Å². The number of aliphatic carboxylic acids is 1. The first kappa shape index (κ1) is 26.1. The van der Waals surface area contributed by atoms with Gasteiger partial charge >= 0.3 is 5.97 Å². The highest BCUT2D eigenvalue weighted by Gasteiger charge is 2.38. The van der Waals surface area contributed by atoms with Crippen LogP contribution in [0, 0.1) is 0 Å². The molecule has 10 nitrogen and oxygen atoms in total. The van der Waals surface area contributed by atoms with Crippen LogP contribution in [0.4, 0.5) is 11.5 Å². The van der Waals surface area contributed by atoms with Crippen molar-refractivity contribution in [2.75, 3.05) is 17.7 Å². The quantitative estimate of drug-likeness (QED) is 0.394. The molecule has 0 aliphatic heterocycles. The molecule has 0 fully saturated rings. The smallest absolute Gasteiger partial charge is 0.331 e. The highest BCUT2D eigenvalue weighted by Crippen LogP contribution is 2.30. The maximum Gasteiger partial charge on any atom is 0.331 e. The summed E-state index contributed by atoms with van der Waals surface area (Å²) in [5.74, 6) is -0.898. The summed E-state index contributed by atoms with van der Waals surface area (Å²) in [6, 6.07) is 2.14. The van der Waals surface area contributed by atoms with Crippen LogP contribution in [0.5, 0.6) is 5.88 Å². The Kier molecular flexibility index (Phi) is 9.65. The van der Waals surface area contributed by atoms with E-state index in [9.17, 15) is 19.5 Å². The molecule has 10 heteroatoms. The Balaban J connectivity index is 2.47. The molecular formula is C23H34N4O6. The van der Waals surface area contributed by atoms with Crippen LogP contribution >= 0.6 is 0 Å². The summed E-state index contributed by atoms with van der Waals surface area (Å²) in [4.78, 5) is 40.3. The molecule has 0 saturated carbocycles. The number of carbonyl (C=O) groups excluding carboxylic acids is 2. The molecule has 1 aromatic rings. The van der Waals surface area contributed by atoms with Crippen LogP contribution < -0.4 is 20.7 Å². The molecule has 1 aliphatic carbocycles. The number of nitrogens with zero attached hydrogens (tertiary/aromatic N) is 1. The van der Waals surface area contributed by atoms with Crippen LogP contribution in [-0.4, -0.2) is 59.3 Å². The van der Waals surface area contributed by atoms with Gasteiger partial charge in [-0.3, -0.25) is 9.59 Å². The van der Waals surface area contributed by atoms with Gasteiger partial charge in [0.2, 0.25) is 17.7 Å². The zero-order valence-corrected chi connectivity index (χ0v) is 19.8. The Morgan fingerprint density at radius 3 is 2.45 bits per heavy atom. The Hall–Kier alpha value is -3.14. The van der Waals surface area contributed by atoms with Crippen molar-refractivity contribution in [3.05, 3.63) is 23.8 Å². The lowest BCUT2D eigenvalue weighted by Crippen LogP contribution is -2.56. The number of hydrogen-bond acceptors (Lipinski definition) is 7. The number of aromatic nitrogens is 1. The van der Waals surface area contributed by atoms with E-state index in [2.05, 4.69) is 20.9 Å². The van der Waals surface area contributed by atoms with E-state index >= 15 is 0 Å². The number of carbonyl (C=O) groups is 3. The molecule has 0 bridgehead atoms. The van der Waals surface area contributed by atoms with Gasteiger partial charge in [-0.1, -0.05) is 20.8 Å². The van der Waals surface area contributed by atoms with Crippen molar-refractivity contribution in [2.45, 2.75) is 77.7 Å². The van der Waals surface area contributed by atoms with Gasteiger partial charge < -0.3 is 30.5 Å². The third-order valence-corrected chi connectivity index (χ3v) is 5.49. The number of hydrogen-bond donors (Lipinski definition) is 4. The maximum absolute atomic E-state index is 12.0. The van der Waals surface area contributed by atoms with Crippen LogP contribution in [0.15, 0.2) is 23.8 Å². The molecule has 1 heterocycles. The lowest BCUT2D eigenvalue weighted by atomic mass is 9.87. The second-order valence-corrected chi connectivity index (χ2v) is 7.87. The van der Waals surface area contributed by atoms with Crippen LogP contribution in [0.1, 0.15) is 53.4 Å². The van der Waals surface area contributed by atoms with Gasteiger partial charge in [0, 0.05) is 31.4 Å². The summed E-state index contributed by atoms with van der Waals surface area (Å²) in [6.07, 6.45) is 2.71. The summed E-state index contributed by atoms with van der Waals surface area (Å²) in [6.45, 7) is 7.12. The normalized spacial score (nSPS) is 20.1. The molecule has 2 rings (SSSR count). The van der Waals surface area contributed by atoms with E-state index in [0.717, 1.165) is 12.8 Å². The number of methoxy groups -OCH3 is 1. The average molecular weight is 463 g/mol. The number of rotatable bonds is 11. The summed E-state index contributed by atoms with van der Waals surface area (Å²) < 4.78 is 11.4. The fraction of sp³-hybridized carbons (Fsp3) is 0.565. The van der Waals surface area contributed by atoms with Crippen LogP contribution in [0.3, 0.4) is 0 Å². The molecule has 0 radical (unpaired) electrons. The lowest BCUT2D eigenvalue weighted by Gasteiger charge is -2.38. The van der Waals surface area contributed by atoms with Crippen molar-refractivity contribution >= 4 is 29.3 Å². The molecule has 4 N–H and O–H groups in total. The van der Waals surface area contributed by atoms with Gasteiger partial charge in [-0.05, 0) is 25.0 Å². The fourth-order valence-electron chi connectivity index (χ4n) is 3.69. The van der Waals surface area contributed by atoms with E-state index in [1.165, 1.54) is 14.0 Å². The Morgan fingerprint density at radius 2 is 1.91 bits per heavy atom. The average Bonchev–Trinajstić information content (AvgIpc) is 2.79. The fourth-order valence-corrected chi connectivity index (χ4v) is 3.69. The van der Waals surface area contributed by atoms with Crippen molar-refractivity contribution in [2.24, 2.45) is 0 Å². The van der Waals surface area contributed by atoms with Gasteiger partial charge in [-0.25, -0.2) is 4.79 Å². The standard InChI is InChI=1S/C23H34N4O6/c1-6-15(7-2)33-18-12-14(23(30)31)11-17(21(18)24-13(4)28)26-22-16(25-19(29)8-3)9-10-20(27-22)32-5/h9-10,12,15,17-18,21H,6-8,11H2,1-5H3,(H,24,28)(H,25,29)(H,26,27)(H,30,31)/t17-,18+,21+/m0/s1. The summed E-state index contributed by atoms with van der Waals surface area (Å²) >= 11 is 0. The van der Waals surface area contributed by atoms with Crippen molar-refractivity contribution < 1.29 is 29.0 Å². The second kappa shape index (κ2) is 12.2. The van der Waals surface area contributed by atoms with Crippen LogP contribution in [-0.2, 0) is 19.1 Å². The van der Waals surface area contributed by atoms with Gasteiger partial charge in [0.05, 0.1) is 37.1 Å². The molecule has 0 aromatic carbocycles. The lowest BCUT2D eigenvalue weighted by molar-refractivity contribution is -0.133. The minimum absolute atomic E-state index is 0.0920. The van der Waals surface area contributed by atoms with Gasteiger partial charge in [0.1, 0.15) is 0 Å². The number of amides is 2. The van der Waals surface area contributed by atoms with Crippen LogP contribution in [0.2, 0.25) is 0 Å². The van der Waals surface area contributed by atoms with E-state index < -0.39 is 24.2 Å². The zero-order chi connectivity index (χ0) is 24.5. The minimum Gasteiger partial charge on any atom is -0.481 e. The largest absolute Gasteiger partial charge is 0.481 e. The van der Waals surface area contributed by atoms with Gasteiger partial charge in [-0.15, -0.1) is 0 Å². The number of ether oxygens (including phenoxy) is 2. The molecule has 182 valence electrons. The van der Waals surface area contributed by atoms with Crippen molar-refractivity contribution in [3.8, 4) is 5.88 Å². The zero-order valence-electron chi connectivity index (χ0n) is 19.8. The number of carboxylic acid groups (broad SMARTS) is 1. The molecular weight excluding hydrogens is 428 g/mol. The third kappa shape index (κ3) is 7.18. The number of nitrogens with one attached hydrogen (secondary N) is 3. The number of carboxylic acids is 1. The Bertz CT molecular complexity index is 884. The molecule has 0 saturated heterocycles. The predicted molar refractivity (Wildman–Crippen MR) is 124 cm³/mol. The summed E-state index contributed by atoms with van der Waals surface area (Å²) in [5, 5.41) is 18.6. The SMILES string of the molecule is CCC(=O)Nc1ccc(OC)nc1N[C@H]1CC(C(=O)O)=C[C@@H](OC(CC)CC)[C@@H]1NC(C)=O. The number of anilines is 2. The second-order valence-electron chi connectivity index (χ2n) is 7.87. The van der Waals surface area contributed by atoms with E-state index in [0.29, 0.717) is 17.4 Å². The molecule has 33 heavy (non-hydrogen) atoms. The third-order valence-electron chi connectivity index (χ3n) is 5.49. The minimum atomic E-state index is -1.06. The first-order valence-electron chi connectivity index (χ1n) is 11.2. The van der Waals surface area contributed by atoms with E-state index in [1.807, 2.05) is 13.8 Å². The maximum atomic E-state index is 12.0. The highest BCUT2D eigenvalue weighted by atomic mass is 16.5. The van der Waals surface area contributed by atoms with E-state index in [-0.39, 0.29) is 36.3 Å². The van der Waals surface area contributed by atoms with E-state index in [1.54, 1.807) is 25.1 Å². The summed E-state index contributed by atoms with van der Waals surface area (Å²) in [5.41, 5.74) is 0.597. The van der Waals surface area contributed by atoms with Crippen LogP contribution in [0.25, 0.3) is 0 Å². The van der Waals surface area contributed by atoms with Crippen molar-refractivity contribution in [1.29, 1.82) is 0 Å².